The van der Waals surface area contributed by atoms with Gasteiger partial charge in [0.15, 0.2) is 0 Å². The molecule has 1 aromatic rings. The highest BCUT2D eigenvalue weighted by Crippen LogP contribution is 2.31. The highest BCUT2D eigenvalue weighted by atomic mass is 19.1. The molecule has 0 spiro atoms. The Morgan fingerprint density at radius 3 is 2.81 bits per heavy atom. The van der Waals surface area contributed by atoms with Gasteiger partial charge in [-0.3, -0.25) is 0 Å². The third-order valence-corrected chi connectivity index (χ3v) is 2.80. The molecule has 2 rings (SSSR count). The van der Waals surface area contributed by atoms with Crippen LogP contribution in [-0.2, 0) is 0 Å². The van der Waals surface area contributed by atoms with Crippen molar-refractivity contribution in [1.82, 2.24) is 0 Å². The predicted molar refractivity (Wildman–Crippen MR) is 60.6 cm³/mol. The zero-order valence-corrected chi connectivity index (χ0v) is 9.16. The summed E-state index contributed by atoms with van der Waals surface area (Å²) in [6, 6.07) is 4.12. The van der Waals surface area contributed by atoms with Crippen molar-refractivity contribution in [3.8, 4) is 5.75 Å². The Morgan fingerprint density at radius 2 is 2.19 bits per heavy atom. The maximum absolute atomic E-state index is 13.1. The molecular formula is C12H17FN2O. The van der Waals surface area contributed by atoms with Crippen molar-refractivity contribution < 1.29 is 9.13 Å². The van der Waals surface area contributed by atoms with Gasteiger partial charge in [-0.2, -0.15) is 0 Å². The Morgan fingerprint density at radius 1 is 1.44 bits per heavy atom. The van der Waals surface area contributed by atoms with E-state index in [1.807, 2.05) is 0 Å². The maximum Gasteiger partial charge on any atom is 0.127 e. The smallest absolute Gasteiger partial charge is 0.127 e. The molecule has 1 aliphatic rings. The number of nitrogens with two attached hydrogens (primary N) is 2. The predicted octanol–water partition coefficient (Wildman–Crippen LogP) is 1.57. The molecule has 1 unspecified atom stereocenters. The van der Waals surface area contributed by atoms with Crippen molar-refractivity contribution in [3.63, 3.8) is 0 Å². The van der Waals surface area contributed by atoms with Gasteiger partial charge in [-0.1, -0.05) is 6.07 Å². The number of halogens is 1. The molecule has 1 aromatic carbocycles. The third-order valence-electron chi connectivity index (χ3n) is 2.80. The maximum atomic E-state index is 13.1. The third kappa shape index (κ3) is 2.71. The molecule has 0 radical (unpaired) electrons. The van der Waals surface area contributed by atoms with Crippen LogP contribution in [-0.4, -0.2) is 13.2 Å². The highest BCUT2D eigenvalue weighted by Gasteiger charge is 2.23. The van der Waals surface area contributed by atoms with Crippen LogP contribution in [0.1, 0.15) is 24.4 Å². The van der Waals surface area contributed by atoms with Crippen molar-refractivity contribution in [2.45, 2.75) is 18.9 Å². The van der Waals surface area contributed by atoms with Gasteiger partial charge < -0.3 is 16.2 Å². The van der Waals surface area contributed by atoms with Gasteiger partial charge in [-0.15, -0.1) is 0 Å². The number of hydrogen-bond acceptors (Lipinski definition) is 3. The van der Waals surface area contributed by atoms with Gasteiger partial charge >= 0.3 is 0 Å². The summed E-state index contributed by atoms with van der Waals surface area (Å²) >= 11 is 0. The topological polar surface area (TPSA) is 61.3 Å². The molecule has 0 aromatic heterocycles. The largest absolute Gasteiger partial charge is 0.493 e. The van der Waals surface area contributed by atoms with Crippen LogP contribution in [0.2, 0.25) is 0 Å². The highest BCUT2D eigenvalue weighted by molar-refractivity contribution is 5.36. The van der Waals surface area contributed by atoms with E-state index in [-0.39, 0.29) is 11.9 Å². The minimum Gasteiger partial charge on any atom is -0.493 e. The second-order valence-electron chi connectivity index (χ2n) is 4.28. The van der Waals surface area contributed by atoms with Crippen LogP contribution in [0.5, 0.6) is 5.75 Å². The second-order valence-corrected chi connectivity index (χ2v) is 4.28. The van der Waals surface area contributed by atoms with Crippen LogP contribution < -0.4 is 16.2 Å². The Balaban J connectivity index is 2.13. The van der Waals surface area contributed by atoms with Gasteiger partial charge in [-0.05, 0) is 24.8 Å². The summed E-state index contributed by atoms with van der Waals surface area (Å²) in [4.78, 5) is 0. The van der Waals surface area contributed by atoms with Crippen LogP contribution >= 0.6 is 0 Å². The molecule has 0 bridgehead atoms. The van der Waals surface area contributed by atoms with Crippen molar-refractivity contribution in [1.29, 1.82) is 0 Å². The van der Waals surface area contributed by atoms with Gasteiger partial charge in [0.05, 0.1) is 6.61 Å². The Bertz CT molecular complexity index is 366. The Labute approximate surface area is 94.6 Å². The van der Waals surface area contributed by atoms with Crippen molar-refractivity contribution in [2.24, 2.45) is 17.4 Å². The molecule has 4 heteroatoms. The lowest BCUT2D eigenvalue weighted by Gasteiger charge is -2.15. The monoisotopic (exact) mass is 224 g/mol. The van der Waals surface area contributed by atoms with E-state index in [1.54, 1.807) is 6.07 Å². The van der Waals surface area contributed by atoms with Gasteiger partial charge in [0, 0.05) is 24.2 Å². The van der Waals surface area contributed by atoms with Crippen molar-refractivity contribution in [3.05, 3.63) is 29.6 Å². The van der Waals surface area contributed by atoms with E-state index in [9.17, 15) is 4.39 Å². The molecule has 4 N–H and O–H groups in total. The van der Waals surface area contributed by atoms with Gasteiger partial charge in [0.2, 0.25) is 0 Å². The van der Waals surface area contributed by atoms with Gasteiger partial charge in [-0.25, -0.2) is 4.39 Å². The van der Waals surface area contributed by atoms with E-state index in [4.69, 9.17) is 16.2 Å². The first-order chi connectivity index (χ1) is 7.70. The molecular weight excluding hydrogens is 207 g/mol. The van der Waals surface area contributed by atoms with Crippen LogP contribution in [0, 0.1) is 11.7 Å². The van der Waals surface area contributed by atoms with Gasteiger partial charge in [0.25, 0.3) is 0 Å². The van der Waals surface area contributed by atoms with Crippen LogP contribution in [0.25, 0.3) is 0 Å². The number of ether oxygens (including phenoxy) is 1. The lowest BCUT2D eigenvalue weighted by atomic mass is 10.1. The Hall–Kier alpha value is -1.13. The zero-order valence-electron chi connectivity index (χ0n) is 9.16. The summed E-state index contributed by atoms with van der Waals surface area (Å²) in [7, 11) is 0. The van der Waals surface area contributed by atoms with E-state index < -0.39 is 0 Å². The summed E-state index contributed by atoms with van der Waals surface area (Å²) in [6.45, 7) is 0.971. The molecule has 1 saturated carbocycles. The van der Waals surface area contributed by atoms with Crippen molar-refractivity contribution in [2.75, 3.05) is 13.2 Å². The van der Waals surface area contributed by atoms with Crippen LogP contribution in [0.3, 0.4) is 0 Å². The van der Waals surface area contributed by atoms with E-state index in [2.05, 4.69) is 0 Å². The normalized spacial score (nSPS) is 17.2. The molecule has 0 saturated heterocycles. The molecule has 0 heterocycles. The van der Waals surface area contributed by atoms with E-state index in [0.29, 0.717) is 24.8 Å². The summed E-state index contributed by atoms with van der Waals surface area (Å²) in [6.07, 6.45) is 2.40. The molecule has 3 nitrogen and oxygen atoms in total. The molecule has 1 fully saturated rings. The molecule has 0 amide bonds. The van der Waals surface area contributed by atoms with E-state index >= 15 is 0 Å². The van der Waals surface area contributed by atoms with Crippen molar-refractivity contribution >= 4 is 0 Å². The second kappa shape index (κ2) is 4.80. The molecule has 1 aliphatic carbocycles. The first-order valence-electron chi connectivity index (χ1n) is 5.58. The summed E-state index contributed by atoms with van der Waals surface area (Å²) < 4.78 is 18.7. The minimum atomic E-state index is -0.307. The van der Waals surface area contributed by atoms with Gasteiger partial charge in [0.1, 0.15) is 11.6 Å². The fourth-order valence-electron chi connectivity index (χ4n) is 1.56. The fraction of sp³-hybridized carbons (Fsp3) is 0.500. The summed E-state index contributed by atoms with van der Waals surface area (Å²) in [5, 5.41) is 0. The quantitative estimate of drug-likeness (QED) is 0.798. The fourth-order valence-corrected chi connectivity index (χ4v) is 1.56. The zero-order chi connectivity index (χ0) is 11.5. The first kappa shape index (κ1) is 11.4. The number of hydrogen-bond donors (Lipinski definition) is 2. The summed E-state index contributed by atoms with van der Waals surface area (Å²) in [5.41, 5.74) is 12.1. The standard InChI is InChI=1S/C12H17FN2O/c13-9-3-4-10(11(15)6-14)12(5-9)16-7-8-1-2-8/h3-5,8,11H,1-2,6-7,14-15H2. The average molecular weight is 224 g/mol. The SMILES string of the molecule is NCC(N)c1ccc(F)cc1OCC1CC1. The number of rotatable bonds is 5. The minimum absolute atomic E-state index is 0.296. The lowest BCUT2D eigenvalue weighted by Crippen LogP contribution is -2.21. The summed E-state index contributed by atoms with van der Waals surface area (Å²) in [5.74, 6) is 0.855. The molecule has 88 valence electrons. The Kier molecular flexibility index (Phi) is 3.41. The van der Waals surface area contributed by atoms with Crippen LogP contribution in [0.4, 0.5) is 4.39 Å². The van der Waals surface area contributed by atoms with E-state index in [0.717, 1.165) is 5.56 Å². The molecule has 0 aliphatic heterocycles. The van der Waals surface area contributed by atoms with E-state index in [1.165, 1.54) is 25.0 Å². The molecule has 16 heavy (non-hydrogen) atoms. The average Bonchev–Trinajstić information content (AvgIpc) is 3.09. The lowest BCUT2D eigenvalue weighted by molar-refractivity contribution is 0.293. The van der Waals surface area contributed by atoms with Crippen LogP contribution in [0.15, 0.2) is 18.2 Å². The first-order valence-corrected chi connectivity index (χ1v) is 5.58. The number of benzene rings is 1. The molecule has 1 atom stereocenters.